The third kappa shape index (κ3) is 4.97. The van der Waals surface area contributed by atoms with Crippen LogP contribution in [0, 0.1) is 0 Å². The summed E-state index contributed by atoms with van der Waals surface area (Å²) < 4.78 is 5.62. The van der Waals surface area contributed by atoms with Crippen LogP contribution in [-0.4, -0.2) is 56.3 Å². The van der Waals surface area contributed by atoms with Gasteiger partial charge in [0.1, 0.15) is 5.75 Å². The van der Waals surface area contributed by atoms with Crippen molar-refractivity contribution in [2.24, 2.45) is 5.73 Å². The molecule has 0 aliphatic carbocycles. The zero-order valence-corrected chi connectivity index (χ0v) is 13.2. The quantitative estimate of drug-likeness (QED) is 0.791. The van der Waals surface area contributed by atoms with Gasteiger partial charge in [-0.1, -0.05) is 19.1 Å². The zero-order chi connectivity index (χ0) is 15.1. The Labute approximate surface area is 128 Å². The molecule has 2 rings (SSSR count). The first-order valence-corrected chi connectivity index (χ1v) is 7.85. The number of hydrogen-bond acceptors (Lipinski definition) is 5. The molecule has 118 valence electrons. The Morgan fingerprint density at radius 1 is 1.19 bits per heavy atom. The highest BCUT2D eigenvalue weighted by molar-refractivity contribution is 5.29. The maximum Gasteiger partial charge on any atom is 0.119 e. The Hall–Kier alpha value is -1.14. The van der Waals surface area contributed by atoms with Crippen LogP contribution in [-0.2, 0) is 0 Å². The van der Waals surface area contributed by atoms with Gasteiger partial charge in [-0.25, -0.2) is 10.4 Å². The minimum atomic E-state index is 0.161. The predicted molar refractivity (Wildman–Crippen MR) is 86.2 cm³/mol. The fourth-order valence-electron chi connectivity index (χ4n) is 2.44. The van der Waals surface area contributed by atoms with Crippen molar-refractivity contribution in [1.29, 1.82) is 0 Å². The number of nitrogens with one attached hydrogen (secondary N) is 1. The summed E-state index contributed by atoms with van der Waals surface area (Å²) in [5, 5.41) is 2.28. The Balaban J connectivity index is 1.90. The van der Waals surface area contributed by atoms with Crippen molar-refractivity contribution in [2.45, 2.75) is 19.4 Å². The molecule has 0 bridgehead atoms. The van der Waals surface area contributed by atoms with E-state index in [0.717, 1.165) is 45.0 Å². The third-order valence-corrected chi connectivity index (χ3v) is 3.83. The second kappa shape index (κ2) is 8.34. The molecule has 1 aliphatic heterocycles. The highest BCUT2D eigenvalue weighted by atomic mass is 16.5. The normalized spacial score (nSPS) is 18.6. The van der Waals surface area contributed by atoms with E-state index in [1.807, 2.05) is 12.1 Å². The van der Waals surface area contributed by atoms with Gasteiger partial charge in [0, 0.05) is 32.7 Å². The van der Waals surface area contributed by atoms with Gasteiger partial charge in [0.25, 0.3) is 0 Å². The van der Waals surface area contributed by atoms with Crippen LogP contribution in [0.25, 0.3) is 0 Å². The molecule has 1 atom stereocenters. The lowest BCUT2D eigenvalue weighted by atomic mass is 10.1. The third-order valence-electron chi connectivity index (χ3n) is 3.83. The Morgan fingerprint density at radius 3 is 2.43 bits per heavy atom. The topological polar surface area (TPSA) is 53.8 Å². The second-order valence-corrected chi connectivity index (χ2v) is 5.63. The molecule has 1 aromatic rings. The molecular weight excluding hydrogens is 264 g/mol. The van der Waals surface area contributed by atoms with E-state index >= 15 is 0 Å². The monoisotopic (exact) mass is 292 g/mol. The molecule has 5 nitrogen and oxygen atoms in total. The molecule has 1 unspecified atom stereocenters. The second-order valence-electron chi connectivity index (χ2n) is 5.63. The summed E-state index contributed by atoms with van der Waals surface area (Å²) in [5.74, 6) is 0.927. The average molecular weight is 292 g/mol. The molecule has 1 aliphatic rings. The van der Waals surface area contributed by atoms with Crippen molar-refractivity contribution < 1.29 is 4.74 Å². The van der Waals surface area contributed by atoms with Crippen LogP contribution >= 0.6 is 0 Å². The summed E-state index contributed by atoms with van der Waals surface area (Å²) in [7, 11) is 2.16. The number of likely N-dealkylation sites (N-methyl/N-ethyl adjacent to an activating group) is 1. The first-order chi connectivity index (χ1) is 10.2. The molecule has 21 heavy (non-hydrogen) atoms. The van der Waals surface area contributed by atoms with Gasteiger partial charge in [-0.3, -0.25) is 0 Å². The molecule has 0 saturated carbocycles. The van der Waals surface area contributed by atoms with Gasteiger partial charge in [0.2, 0.25) is 0 Å². The minimum absolute atomic E-state index is 0.161. The van der Waals surface area contributed by atoms with Gasteiger partial charge in [0.15, 0.2) is 0 Å². The van der Waals surface area contributed by atoms with Crippen LogP contribution in [0.5, 0.6) is 5.75 Å². The van der Waals surface area contributed by atoms with Crippen molar-refractivity contribution in [2.75, 3.05) is 46.4 Å². The molecule has 0 radical (unpaired) electrons. The maximum atomic E-state index is 5.94. The minimum Gasteiger partial charge on any atom is -0.494 e. The molecule has 1 saturated heterocycles. The number of hydrazine groups is 1. The number of piperazine rings is 1. The molecule has 1 heterocycles. The lowest BCUT2D eigenvalue weighted by Gasteiger charge is -2.35. The number of nitrogens with zero attached hydrogens (tertiary/aromatic N) is 2. The molecule has 1 aromatic carbocycles. The standard InChI is InChI=1S/C16H28N4O/c1-3-12-21-15-6-4-14(5-7-15)16(13-17)18-20-10-8-19(2)9-11-20/h4-7,16,18H,3,8-13,17H2,1-2H3. The van der Waals surface area contributed by atoms with E-state index in [1.165, 1.54) is 5.56 Å². The first-order valence-electron chi connectivity index (χ1n) is 7.85. The summed E-state index contributed by atoms with van der Waals surface area (Å²) in [6, 6.07) is 8.42. The van der Waals surface area contributed by atoms with Crippen LogP contribution in [0.2, 0.25) is 0 Å². The Bertz CT molecular complexity index is 401. The van der Waals surface area contributed by atoms with E-state index in [2.05, 4.69) is 41.4 Å². The van der Waals surface area contributed by atoms with Crippen molar-refractivity contribution in [3.63, 3.8) is 0 Å². The van der Waals surface area contributed by atoms with Crippen molar-refractivity contribution in [3.05, 3.63) is 29.8 Å². The summed E-state index contributed by atoms with van der Waals surface area (Å²) >= 11 is 0. The summed E-state index contributed by atoms with van der Waals surface area (Å²) in [6.07, 6.45) is 1.03. The highest BCUT2D eigenvalue weighted by Crippen LogP contribution is 2.18. The lowest BCUT2D eigenvalue weighted by molar-refractivity contribution is 0.0880. The average Bonchev–Trinajstić information content (AvgIpc) is 2.53. The zero-order valence-electron chi connectivity index (χ0n) is 13.2. The molecule has 1 fully saturated rings. The van der Waals surface area contributed by atoms with Crippen molar-refractivity contribution >= 4 is 0 Å². The van der Waals surface area contributed by atoms with Gasteiger partial charge >= 0.3 is 0 Å². The number of hydrogen-bond donors (Lipinski definition) is 2. The largest absolute Gasteiger partial charge is 0.494 e. The van der Waals surface area contributed by atoms with Crippen LogP contribution in [0.1, 0.15) is 24.9 Å². The number of benzene rings is 1. The number of ether oxygens (including phenoxy) is 1. The van der Waals surface area contributed by atoms with E-state index in [9.17, 15) is 0 Å². The SMILES string of the molecule is CCCOc1ccc(C(CN)NN2CCN(C)CC2)cc1. The van der Waals surface area contributed by atoms with Crippen molar-refractivity contribution in [1.82, 2.24) is 15.3 Å². The maximum absolute atomic E-state index is 5.94. The number of rotatable bonds is 7. The van der Waals surface area contributed by atoms with E-state index < -0.39 is 0 Å². The van der Waals surface area contributed by atoms with Crippen LogP contribution in [0.15, 0.2) is 24.3 Å². The lowest BCUT2D eigenvalue weighted by Crippen LogP contribution is -2.52. The van der Waals surface area contributed by atoms with E-state index in [-0.39, 0.29) is 6.04 Å². The van der Waals surface area contributed by atoms with Gasteiger partial charge in [-0.05, 0) is 31.2 Å². The van der Waals surface area contributed by atoms with Crippen LogP contribution < -0.4 is 15.9 Å². The molecule has 3 N–H and O–H groups in total. The van der Waals surface area contributed by atoms with Gasteiger partial charge in [-0.2, -0.15) is 0 Å². The molecular formula is C16H28N4O. The summed E-state index contributed by atoms with van der Waals surface area (Å²) in [4.78, 5) is 2.34. The number of nitrogens with two attached hydrogens (primary N) is 1. The van der Waals surface area contributed by atoms with Gasteiger partial charge < -0.3 is 15.4 Å². The fraction of sp³-hybridized carbons (Fsp3) is 0.625. The molecule has 0 amide bonds. The molecule has 5 heteroatoms. The highest BCUT2D eigenvalue weighted by Gasteiger charge is 2.18. The van der Waals surface area contributed by atoms with E-state index in [1.54, 1.807) is 0 Å². The van der Waals surface area contributed by atoms with Crippen LogP contribution in [0.4, 0.5) is 0 Å². The van der Waals surface area contributed by atoms with E-state index in [4.69, 9.17) is 10.5 Å². The van der Waals surface area contributed by atoms with Crippen molar-refractivity contribution in [3.8, 4) is 5.75 Å². The summed E-state index contributed by atoms with van der Waals surface area (Å²) in [5.41, 5.74) is 10.7. The smallest absolute Gasteiger partial charge is 0.119 e. The Morgan fingerprint density at radius 2 is 1.86 bits per heavy atom. The Kier molecular flexibility index (Phi) is 6.45. The van der Waals surface area contributed by atoms with E-state index in [0.29, 0.717) is 6.54 Å². The molecule has 0 spiro atoms. The first kappa shape index (κ1) is 16.2. The molecule has 0 aromatic heterocycles. The summed E-state index contributed by atoms with van der Waals surface area (Å²) in [6.45, 7) is 7.71. The van der Waals surface area contributed by atoms with Gasteiger partial charge in [0.05, 0.1) is 12.6 Å². The fourth-order valence-corrected chi connectivity index (χ4v) is 2.44. The van der Waals surface area contributed by atoms with Gasteiger partial charge in [-0.15, -0.1) is 0 Å². The van der Waals surface area contributed by atoms with Crippen LogP contribution in [0.3, 0.4) is 0 Å². The predicted octanol–water partition coefficient (Wildman–Crippen LogP) is 1.23.